The van der Waals surface area contributed by atoms with Gasteiger partial charge in [-0.25, -0.2) is 9.37 Å². The molecule has 31 heavy (non-hydrogen) atoms. The van der Waals surface area contributed by atoms with Crippen molar-refractivity contribution in [2.45, 2.75) is 57.9 Å². The molecule has 2 aromatic heterocycles. The van der Waals surface area contributed by atoms with Crippen molar-refractivity contribution in [3.63, 3.8) is 0 Å². The summed E-state index contributed by atoms with van der Waals surface area (Å²) in [5.41, 5.74) is 11.7. The number of nitrogens with two attached hydrogens (primary N) is 1. The lowest BCUT2D eigenvalue weighted by atomic mass is 9.82. The number of halogens is 1. The number of pyridine rings is 2. The van der Waals surface area contributed by atoms with Gasteiger partial charge in [0.1, 0.15) is 11.4 Å². The molecule has 4 heterocycles. The molecular formula is C24H24FN3O3. The molecule has 3 aromatic rings. The molecule has 0 fully saturated rings. The maximum Gasteiger partial charge on any atom is 0.257 e. The maximum absolute atomic E-state index is 14.7. The van der Waals surface area contributed by atoms with E-state index >= 15 is 0 Å². The van der Waals surface area contributed by atoms with Crippen LogP contribution in [0.3, 0.4) is 0 Å². The van der Waals surface area contributed by atoms with Crippen molar-refractivity contribution in [1.29, 1.82) is 0 Å². The fourth-order valence-electron chi connectivity index (χ4n) is 5.63. The third-order valence-electron chi connectivity index (χ3n) is 7.45. The van der Waals surface area contributed by atoms with Gasteiger partial charge in [-0.3, -0.25) is 4.79 Å². The lowest BCUT2D eigenvalue weighted by Gasteiger charge is -2.33. The summed E-state index contributed by atoms with van der Waals surface area (Å²) in [6.45, 7) is 4.39. The van der Waals surface area contributed by atoms with E-state index in [0.29, 0.717) is 46.6 Å². The number of benzene rings is 1. The molecule has 0 radical (unpaired) electrons. The van der Waals surface area contributed by atoms with E-state index in [0.717, 1.165) is 34.9 Å². The van der Waals surface area contributed by atoms with Crippen LogP contribution in [-0.4, -0.2) is 21.3 Å². The summed E-state index contributed by atoms with van der Waals surface area (Å²) in [6, 6.07) is 3.16. The second kappa shape index (κ2) is 6.22. The Hall–Kier alpha value is -2.61. The van der Waals surface area contributed by atoms with Crippen molar-refractivity contribution in [3.8, 4) is 11.4 Å². The van der Waals surface area contributed by atoms with E-state index in [1.807, 2.05) is 13.0 Å². The molecule has 3 aliphatic rings. The zero-order valence-electron chi connectivity index (χ0n) is 17.6. The highest BCUT2D eigenvalue weighted by molar-refractivity contribution is 5.92. The van der Waals surface area contributed by atoms with Gasteiger partial charge in [0, 0.05) is 28.6 Å². The first-order valence-corrected chi connectivity index (χ1v) is 10.8. The number of rotatable bonds is 1. The Balaban J connectivity index is 1.70. The molecular weight excluding hydrogens is 397 g/mol. The Bertz CT molecular complexity index is 1360. The Morgan fingerprint density at radius 2 is 2.16 bits per heavy atom. The lowest BCUT2D eigenvalue weighted by Crippen LogP contribution is -2.40. The van der Waals surface area contributed by atoms with Crippen LogP contribution in [0.15, 0.2) is 16.9 Å². The Morgan fingerprint density at radius 3 is 2.94 bits per heavy atom. The second-order valence-electron chi connectivity index (χ2n) is 9.04. The van der Waals surface area contributed by atoms with E-state index in [2.05, 4.69) is 0 Å². The second-order valence-corrected chi connectivity index (χ2v) is 9.04. The van der Waals surface area contributed by atoms with Crippen LogP contribution in [0.25, 0.3) is 22.3 Å². The summed E-state index contributed by atoms with van der Waals surface area (Å²) in [5, 5.41) is 12.0. The molecule has 160 valence electrons. The SMILES string of the molecule is CC[C@@]1(O)COCc2c1cc1n(c2=O)Cc2c-1nc1cc(F)c(C)c3c1c2[C@@H](N)CC3. The summed E-state index contributed by atoms with van der Waals surface area (Å²) in [7, 11) is 0. The minimum Gasteiger partial charge on any atom is -0.383 e. The van der Waals surface area contributed by atoms with Gasteiger partial charge in [0.05, 0.1) is 36.7 Å². The molecule has 1 aliphatic carbocycles. The maximum atomic E-state index is 14.7. The number of aliphatic hydroxyl groups is 1. The highest BCUT2D eigenvalue weighted by atomic mass is 19.1. The van der Waals surface area contributed by atoms with E-state index in [-0.39, 0.29) is 30.6 Å². The Morgan fingerprint density at radius 1 is 1.35 bits per heavy atom. The van der Waals surface area contributed by atoms with E-state index in [9.17, 15) is 14.3 Å². The number of hydrogen-bond acceptors (Lipinski definition) is 5. The lowest BCUT2D eigenvalue weighted by molar-refractivity contribution is -0.0757. The average Bonchev–Trinajstić information content (AvgIpc) is 3.12. The minimum absolute atomic E-state index is 0.154. The number of nitrogens with zero attached hydrogens (tertiary/aromatic N) is 2. The normalized spacial score (nSPS) is 23.6. The van der Waals surface area contributed by atoms with Gasteiger partial charge in [-0.15, -0.1) is 0 Å². The smallest absolute Gasteiger partial charge is 0.257 e. The summed E-state index contributed by atoms with van der Waals surface area (Å²) in [5.74, 6) is -0.269. The predicted octanol–water partition coefficient (Wildman–Crippen LogP) is 2.95. The zero-order valence-corrected chi connectivity index (χ0v) is 17.6. The van der Waals surface area contributed by atoms with Crippen molar-refractivity contribution >= 4 is 10.9 Å². The van der Waals surface area contributed by atoms with E-state index in [1.54, 1.807) is 11.5 Å². The highest BCUT2D eigenvalue weighted by Gasteiger charge is 2.39. The summed E-state index contributed by atoms with van der Waals surface area (Å²) < 4.78 is 21.9. The van der Waals surface area contributed by atoms with Crippen molar-refractivity contribution in [2.24, 2.45) is 5.73 Å². The summed E-state index contributed by atoms with van der Waals surface area (Å²) in [4.78, 5) is 18.2. The van der Waals surface area contributed by atoms with Crippen molar-refractivity contribution in [1.82, 2.24) is 9.55 Å². The Labute approximate surface area is 178 Å². The molecule has 0 spiro atoms. The Kier molecular flexibility index (Phi) is 3.83. The first kappa shape index (κ1) is 19.1. The number of aryl methyl sites for hydroxylation is 1. The number of hydrogen-bond donors (Lipinski definition) is 2. The van der Waals surface area contributed by atoms with Crippen LogP contribution in [0.5, 0.6) is 0 Å². The van der Waals surface area contributed by atoms with Crippen LogP contribution in [-0.2, 0) is 29.9 Å². The first-order valence-electron chi connectivity index (χ1n) is 10.8. The quantitative estimate of drug-likeness (QED) is 0.493. The molecule has 0 unspecified atom stereocenters. The minimum atomic E-state index is -1.21. The molecule has 0 amide bonds. The van der Waals surface area contributed by atoms with Crippen LogP contribution >= 0.6 is 0 Å². The third-order valence-corrected chi connectivity index (χ3v) is 7.45. The molecule has 3 N–H and O–H groups in total. The molecule has 0 saturated carbocycles. The van der Waals surface area contributed by atoms with Crippen molar-refractivity contribution < 1.29 is 14.2 Å². The van der Waals surface area contributed by atoms with Gasteiger partial charge < -0.3 is 20.1 Å². The molecule has 2 atom stereocenters. The van der Waals surface area contributed by atoms with Crippen LogP contribution in [0, 0.1) is 12.7 Å². The highest BCUT2D eigenvalue weighted by Crippen LogP contribution is 2.45. The van der Waals surface area contributed by atoms with E-state index in [1.165, 1.54) is 6.07 Å². The number of ether oxygens (including phenoxy) is 1. The third kappa shape index (κ3) is 2.37. The van der Waals surface area contributed by atoms with E-state index in [4.69, 9.17) is 15.5 Å². The van der Waals surface area contributed by atoms with Crippen LogP contribution in [0.2, 0.25) is 0 Å². The zero-order chi connectivity index (χ0) is 21.7. The topological polar surface area (TPSA) is 90.4 Å². The molecule has 7 heteroatoms. The molecule has 1 aromatic carbocycles. The average molecular weight is 421 g/mol. The van der Waals surface area contributed by atoms with Gasteiger partial charge in [-0.2, -0.15) is 0 Å². The van der Waals surface area contributed by atoms with Gasteiger partial charge in [-0.05, 0) is 54.5 Å². The first-order chi connectivity index (χ1) is 14.8. The van der Waals surface area contributed by atoms with Crippen LogP contribution in [0.1, 0.15) is 59.2 Å². The largest absolute Gasteiger partial charge is 0.383 e. The van der Waals surface area contributed by atoms with Crippen LogP contribution < -0.4 is 11.3 Å². The molecule has 2 aliphatic heterocycles. The standard InChI is InChI=1S/C24H24FN3O3/c1-3-24(30)10-31-9-14-15(24)6-19-22-13(8-28(19)23(14)29)20-17(26)5-4-12-11(2)16(25)7-18(27-22)21(12)20/h6-7,17,30H,3-5,8-10,26H2,1-2H3/t17-,24+/m0/s1. The summed E-state index contributed by atoms with van der Waals surface area (Å²) >= 11 is 0. The number of fused-ring (bicyclic) bond motifs is 5. The van der Waals surface area contributed by atoms with Gasteiger partial charge in [0.25, 0.3) is 5.56 Å². The number of aromatic nitrogens is 2. The van der Waals surface area contributed by atoms with Gasteiger partial charge >= 0.3 is 0 Å². The van der Waals surface area contributed by atoms with Crippen LogP contribution in [0.4, 0.5) is 4.39 Å². The van der Waals surface area contributed by atoms with Gasteiger partial charge in [0.2, 0.25) is 0 Å². The predicted molar refractivity (Wildman–Crippen MR) is 114 cm³/mol. The van der Waals surface area contributed by atoms with Gasteiger partial charge in [0.15, 0.2) is 0 Å². The molecule has 6 nitrogen and oxygen atoms in total. The summed E-state index contributed by atoms with van der Waals surface area (Å²) in [6.07, 6.45) is 1.88. The monoisotopic (exact) mass is 421 g/mol. The fourth-order valence-corrected chi connectivity index (χ4v) is 5.63. The van der Waals surface area contributed by atoms with Gasteiger partial charge in [-0.1, -0.05) is 6.92 Å². The molecule has 6 rings (SSSR count). The molecule has 0 saturated heterocycles. The molecule has 0 bridgehead atoms. The van der Waals surface area contributed by atoms with Crippen molar-refractivity contribution in [3.05, 3.63) is 61.7 Å². The van der Waals surface area contributed by atoms with E-state index < -0.39 is 5.60 Å². The fraction of sp³-hybridized carbons (Fsp3) is 0.417. The van der Waals surface area contributed by atoms with Crippen molar-refractivity contribution in [2.75, 3.05) is 6.61 Å².